The molecule has 5 heteroatoms. The second kappa shape index (κ2) is 4.55. The molecule has 0 aliphatic rings. The van der Waals surface area contributed by atoms with E-state index in [4.69, 9.17) is 9.47 Å². The Hall–Kier alpha value is -1.88. The predicted molar refractivity (Wildman–Crippen MR) is 64.4 cm³/mol. The third-order valence-corrected chi connectivity index (χ3v) is 2.98. The Morgan fingerprint density at radius 1 is 1.00 bits per heavy atom. The Morgan fingerprint density at radius 2 is 1.59 bits per heavy atom. The van der Waals surface area contributed by atoms with Gasteiger partial charge in [0.15, 0.2) is 0 Å². The van der Waals surface area contributed by atoms with E-state index in [1.165, 1.54) is 25.2 Å². The largest absolute Gasteiger partial charge is 0.426 e. The fraction of sp³-hybridized carbons (Fsp3) is 0.167. The molecular weight excluding hydrogens is 240 g/mol. The van der Waals surface area contributed by atoms with Crippen molar-refractivity contribution < 1.29 is 19.1 Å². The summed E-state index contributed by atoms with van der Waals surface area (Å²) in [6.07, 6.45) is 0. The van der Waals surface area contributed by atoms with Gasteiger partial charge in [0.05, 0.1) is 4.70 Å². The summed E-state index contributed by atoms with van der Waals surface area (Å²) in [6, 6.07) is 5.07. The SMILES string of the molecule is CC(=O)Oc1ccc(OC(C)=O)c2sccc12. The first-order chi connectivity index (χ1) is 8.08. The smallest absolute Gasteiger partial charge is 0.308 e. The van der Waals surface area contributed by atoms with Crippen molar-refractivity contribution in [1.29, 1.82) is 0 Å². The standard InChI is InChI=1S/C12H10O4S/c1-7(13)15-10-3-4-11(16-8(2)14)12-9(10)5-6-17-12/h3-6H,1-2H3. The first kappa shape index (κ1) is 11.6. The van der Waals surface area contributed by atoms with E-state index in [0.717, 1.165) is 10.1 Å². The Bertz CT molecular complexity index is 535. The summed E-state index contributed by atoms with van der Waals surface area (Å²) in [5, 5.41) is 2.62. The van der Waals surface area contributed by atoms with Crippen molar-refractivity contribution in [3.63, 3.8) is 0 Å². The lowest BCUT2D eigenvalue weighted by Gasteiger charge is -2.06. The highest BCUT2D eigenvalue weighted by Gasteiger charge is 2.11. The molecule has 0 unspecified atom stereocenters. The van der Waals surface area contributed by atoms with Crippen LogP contribution in [0.25, 0.3) is 10.1 Å². The molecule has 2 aromatic rings. The van der Waals surface area contributed by atoms with E-state index < -0.39 is 0 Å². The maximum atomic E-state index is 10.9. The minimum atomic E-state index is -0.377. The number of hydrogen-bond donors (Lipinski definition) is 0. The van der Waals surface area contributed by atoms with Crippen LogP contribution in [-0.4, -0.2) is 11.9 Å². The molecular formula is C12H10O4S. The number of ether oxygens (including phenoxy) is 2. The molecule has 0 radical (unpaired) electrons. The van der Waals surface area contributed by atoms with Gasteiger partial charge in [0.1, 0.15) is 11.5 Å². The third-order valence-electron chi connectivity index (χ3n) is 2.05. The monoisotopic (exact) mass is 250 g/mol. The molecule has 0 saturated carbocycles. The highest BCUT2D eigenvalue weighted by molar-refractivity contribution is 7.17. The number of fused-ring (bicyclic) bond motifs is 1. The van der Waals surface area contributed by atoms with Crippen LogP contribution in [0.5, 0.6) is 11.5 Å². The molecule has 1 heterocycles. The Balaban J connectivity index is 2.50. The van der Waals surface area contributed by atoms with Crippen molar-refractivity contribution >= 4 is 33.4 Å². The molecule has 0 fully saturated rings. The first-order valence-electron chi connectivity index (χ1n) is 4.95. The lowest BCUT2D eigenvalue weighted by atomic mass is 10.2. The van der Waals surface area contributed by atoms with Crippen molar-refractivity contribution in [3.05, 3.63) is 23.6 Å². The van der Waals surface area contributed by atoms with E-state index in [2.05, 4.69) is 0 Å². The summed E-state index contributed by atoms with van der Waals surface area (Å²) in [7, 11) is 0. The van der Waals surface area contributed by atoms with E-state index in [9.17, 15) is 9.59 Å². The van der Waals surface area contributed by atoms with Crippen LogP contribution in [0, 0.1) is 0 Å². The Morgan fingerprint density at radius 3 is 2.24 bits per heavy atom. The second-order valence-electron chi connectivity index (χ2n) is 3.41. The van der Waals surface area contributed by atoms with Gasteiger partial charge in [0.25, 0.3) is 0 Å². The van der Waals surface area contributed by atoms with Crippen LogP contribution in [-0.2, 0) is 9.59 Å². The highest BCUT2D eigenvalue weighted by atomic mass is 32.1. The van der Waals surface area contributed by atoms with Gasteiger partial charge in [0.2, 0.25) is 0 Å². The van der Waals surface area contributed by atoms with Gasteiger partial charge in [-0.1, -0.05) is 0 Å². The molecule has 0 aliphatic heterocycles. The van der Waals surface area contributed by atoms with Gasteiger partial charge in [0, 0.05) is 19.2 Å². The van der Waals surface area contributed by atoms with Gasteiger partial charge < -0.3 is 9.47 Å². The molecule has 88 valence electrons. The quantitative estimate of drug-likeness (QED) is 0.607. The van der Waals surface area contributed by atoms with Crippen molar-refractivity contribution in [1.82, 2.24) is 0 Å². The molecule has 0 aliphatic carbocycles. The minimum Gasteiger partial charge on any atom is -0.426 e. The zero-order chi connectivity index (χ0) is 12.4. The van der Waals surface area contributed by atoms with Crippen LogP contribution in [0.1, 0.15) is 13.8 Å². The summed E-state index contributed by atoms with van der Waals surface area (Å²) in [4.78, 5) is 21.9. The van der Waals surface area contributed by atoms with Crippen LogP contribution in [0.3, 0.4) is 0 Å². The van der Waals surface area contributed by atoms with Crippen LogP contribution in [0.4, 0.5) is 0 Å². The maximum absolute atomic E-state index is 10.9. The van der Waals surface area contributed by atoms with Gasteiger partial charge >= 0.3 is 11.9 Å². The normalized spacial score (nSPS) is 10.2. The van der Waals surface area contributed by atoms with Crippen LogP contribution in [0.15, 0.2) is 23.6 Å². The summed E-state index contributed by atoms with van der Waals surface area (Å²) >= 11 is 1.43. The summed E-state index contributed by atoms with van der Waals surface area (Å²) < 4.78 is 10.9. The zero-order valence-corrected chi connectivity index (χ0v) is 10.2. The van der Waals surface area contributed by atoms with E-state index in [1.54, 1.807) is 12.1 Å². The molecule has 0 N–H and O–H groups in total. The second-order valence-corrected chi connectivity index (χ2v) is 4.33. The lowest BCUT2D eigenvalue weighted by molar-refractivity contribution is -0.132. The summed E-state index contributed by atoms with van der Waals surface area (Å²) in [6.45, 7) is 2.69. The van der Waals surface area contributed by atoms with Gasteiger partial charge in [-0.05, 0) is 23.6 Å². The number of carbonyl (C=O) groups is 2. The Kier molecular flexibility index (Phi) is 3.10. The maximum Gasteiger partial charge on any atom is 0.308 e. The predicted octanol–water partition coefficient (Wildman–Crippen LogP) is 2.75. The fourth-order valence-electron chi connectivity index (χ4n) is 1.49. The van der Waals surface area contributed by atoms with Crippen LogP contribution < -0.4 is 9.47 Å². The van der Waals surface area contributed by atoms with Crippen molar-refractivity contribution in [2.75, 3.05) is 0 Å². The molecule has 0 bridgehead atoms. The van der Waals surface area contributed by atoms with Crippen molar-refractivity contribution in [2.24, 2.45) is 0 Å². The highest BCUT2D eigenvalue weighted by Crippen LogP contribution is 2.37. The molecule has 1 aromatic heterocycles. The third kappa shape index (κ3) is 2.45. The van der Waals surface area contributed by atoms with Gasteiger partial charge in [-0.3, -0.25) is 9.59 Å². The van der Waals surface area contributed by atoms with Gasteiger partial charge in [-0.2, -0.15) is 0 Å². The van der Waals surface area contributed by atoms with Crippen molar-refractivity contribution in [3.8, 4) is 11.5 Å². The number of rotatable bonds is 2. The van der Waals surface area contributed by atoms with E-state index in [-0.39, 0.29) is 11.9 Å². The van der Waals surface area contributed by atoms with Gasteiger partial charge in [-0.15, -0.1) is 11.3 Å². The molecule has 0 atom stereocenters. The number of thiophene rings is 1. The molecule has 2 rings (SSSR count). The lowest BCUT2D eigenvalue weighted by Crippen LogP contribution is -2.03. The van der Waals surface area contributed by atoms with Gasteiger partial charge in [-0.25, -0.2) is 0 Å². The fourth-order valence-corrected chi connectivity index (χ4v) is 2.35. The molecule has 1 aromatic carbocycles. The average Bonchev–Trinajstić information content (AvgIpc) is 2.69. The number of carbonyl (C=O) groups excluding carboxylic acids is 2. The zero-order valence-electron chi connectivity index (χ0n) is 9.35. The minimum absolute atomic E-state index is 0.375. The first-order valence-corrected chi connectivity index (χ1v) is 5.83. The summed E-state index contributed by atoms with van der Waals surface area (Å²) in [5.74, 6) is 0.209. The van der Waals surface area contributed by atoms with Crippen LogP contribution in [0.2, 0.25) is 0 Å². The van der Waals surface area contributed by atoms with Crippen LogP contribution >= 0.6 is 11.3 Å². The average molecular weight is 250 g/mol. The molecule has 0 amide bonds. The number of benzene rings is 1. The molecule has 17 heavy (non-hydrogen) atoms. The van der Waals surface area contributed by atoms with Crippen molar-refractivity contribution in [2.45, 2.75) is 13.8 Å². The Labute approximate surface area is 102 Å². The topological polar surface area (TPSA) is 52.6 Å². The van der Waals surface area contributed by atoms with E-state index in [0.29, 0.717) is 11.5 Å². The van der Waals surface area contributed by atoms with E-state index in [1.807, 2.05) is 11.4 Å². The molecule has 0 spiro atoms. The summed E-state index contributed by atoms with van der Waals surface area (Å²) in [5.41, 5.74) is 0. The number of esters is 2. The molecule has 4 nitrogen and oxygen atoms in total. The van der Waals surface area contributed by atoms with E-state index >= 15 is 0 Å². The number of hydrogen-bond acceptors (Lipinski definition) is 5. The molecule has 0 saturated heterocycles.